The highest BCUT2D eigenvalue weighted by molar-refractivity contribution is 6.76. The predicted molar refractivity (Wildman–Crippen MR) is 188 cm³/mol. The number of urea groups is 1. The SMILES string of the molecule is C[Si](C)(C)CCOCO[C@@H]1CN(Cc2ccoc2)N(Cc2ccc(CO)cc2)C(=O)N(Cc2ccc(CO)cc2)[C@@H]1Cc1ccccc1. The fourth-order valence-electron chi connectivity index (χ4n) is 5.84. The van der Waals surface area contributed by atoms with Gasteiger partial charge in [0.05, 0.1) is 44.4 Å². The van der Waals surface area contributed by atoms with Crippen molar-refractivity contribution in [3.8, 4) is 0 Å². The summed E-state index contributed by atoms with van der Waals surface area (Å²) in [6.45, 7) is 9.26. The van der Waals surface area contributed by atoms with Crippen LogP contribution >= 0.6 is 0 Å². The molecule has 1 aliphatic rings. The van der Waals surface area contributed by atoms with Crippen LogP contribution in [-0.2, 0) is 48.7 Å². The Morgan fingerprint density at radius 1 is 0.771 bits per heavy atom. The molecule has 0 unspecified atom stereocenters. The average molecular weight is 672 g/mol. The molecule has 0 bridgehead atoms. The standard InChI is InChI=1S/C38H49N3O6Si/c1-48(2,3)20-19-46-29-47-37-25-39(22-35-17-18-45-28-35)41(24-32-11-15-34(27-43)16-12-32)38(44)40(23-31-9-13-33(26-42)14-10-31)36(37)21-30-7-5-4-6-8-30/h4-18,28,36-37,42-43H,19-27,29H2,1-3H3/t36-,37-/m1/s1. The molecule has 0 radical (unpaired) electrons. The first-order chi connectivity index (χ1) is 23.2. The van der Waals surface area contributed by atoms with Crippen LogP contribution in [0.2, 0.25) is 25.7 Å². The molecule has 2 heterocycles. The Morgan fingerprint density at radius 3 is 1.98 bits per heavy atom. The first-order valence-corrected chi connectivity index (χ1v) is 20.4. The van der Waals surface area contributed by atoms with E-state index in [-0.39, 0.29) is 38.2 Å². The lowest BCUT2D eigenvalue weighted by atomic mass is 9.98. The molecule has 3 aromatic carbocycles. The molecule has 2 amide bonds. The largest absolute Gasteiger partial charge is 0.472 e. The molecule has 0 spiro atoms. The third kappa shape index (κ3) is 10.1. The fourth-order valence-corrected chi connectivity index (χ4v) is 6.60. The first kappa shape index (κ1) is 35.5. The molecule has 1 aromatic heterocycles. The second-order valence-electron chi connectivity index (χ2n) is 13.7. The van der Waals surface area contributed by atoms with Crippen molar-refractivity contribution in [3.63, 3.8) is 0 Å². The van der Waals surface area contributed by atoms with Gasteiger partial charge in [0.25, 0.3) is 0 Å². The van der Waals surface area contributed by atoms with Gasteiger partial charge < -0.3 is 29.0 Å². The van der Waals surface area contributed by atoms with Crippen LogP contribution in [-0.4, -0.2) is 71.3 Å². The van der Waals surface area contributed by atoms with E-state index >= 15 is 0 Å². The second kappa shape index (κ2) is 17.1. The van der Waals surface area contributed by atoms with Crippen LogP contribution in [0.15, 0.2) is 102 Å². The maximum absolute atomic E-state index is 15.0. The van der Waals surface area contributed by atoms with E-state index in [1.54, 1.807) is 12.5 Å². The van der Waals surface area contributed by atoms with Crippen molar-refractivity contribution in [3.05, 3.63) is 131 Å². The summed E-state index contributed by atoms with van der Waals surface area (Å²) in [6.07, 6.45) is 3.57. The number of aliphatic hydroxyl groups is 2. The van der Waals surface area contributed by atoms with E-state index in [0.29, 0.717) is 39.2 Å². The Bertz CT molecular complexity index is 1530. The Labute approximate surface area is 285 Å². The molecule has 0 aliphatic carbocycles. The summed E-state index contributed by atoms with van der Waals surface area (Å²) in [5.41, 5.74) is 5.59. The van der Waals surface area contributed by atoms with Gasteiger partial charge in [0.2, 0.25) is 0 Å². The Morgan fingerprint density at radius 2 is 1.40 bits per heavy atom. The summed E-state index contributed by atoms with van der Waals surface area (Å²) in [5.74, 6) is 0. The van der Waals surface area contributed by atoms with Gasteiger partial charge in [0.1, 0.15) is 6.79 Å². The minimum absolute atomic E-state index is 0.0427. The number of hydrazine groups is 1. The number of rotatable bonds is 16. The van der Waals surface area contributed by atoms with Crippen molar-refractivity contribution in [2.75, 3.05) is 19.9 Å². The lowest BCUT2D eigenvalue weighted by Gasteiger charge is -2.36. The zero-order valence-corrected chi connectivity index (χ0v) is 29.3. The number of aliphatic hydroxyl groups excluding tert-OH is 2. The fraction of sp³-hybridized carbons (Fsp3) is 0.395. The number of nitrogens with zero attached hydrogens (tertiary/aromatic N) is 3. The minimum atomic E-state index is -1.28. The van der Waals surface area contributed by atoms with Gasteiger partial charge in [0, 0.05) is 39.9 Å². The summed E-state index contributed by atoms with van der Waals surface area (Å²) in [5, 5.41) is 23.2. The number of hydrogen-bond acceptors (Lipinski definition) is 7. The van der Waals surface area contributed by atoms with Crippen LogP contribution in [0.4, 0.5) is 4.79 Å². The zero-order valence-electron chi connectivity index (χ0n) is 28.3. The third-order valence-corrected chi connectivity index (χ3v) is 10.4. The number of amides is 2. The van der Waals surface area contributed by atoms with Gasteiger partial charge in [-0.3, -0.25) is 5.01 Å². The molecule has 1 saturated heterocycles. The Hall–Kier alpha value is -3.77. The number of carbonyl (C=O) groups is 1. The Kier molecular flexibility index (Phi) is 12.6. The van der Waals surface area contributed by atoms with Crippen LogP contribution in [0, 0.1) is 0 Å². The number of benzene rings is 3. The minimum Gasteiger partial charge on any atom is -0.472 e. The summed E-state index contributed by atoms with van der Waals surface area (Å²) in [7, 11) is -1.28. The summed E-state index contributed by atoms with van der Waals surface area (Å²) >= 11 is 0. The molecule has 2 N–H and O–H groups in total. The van der Waals surface area contributed by atoms with Gasteiger partial charge in [-0.15, -0.1) is 0 Å². The number of hydrogen-bond donors (Lipinski definition) is 2. The number of furan rings is 1. The maximum Gasteiger partial charge on any atom is 0.335 e. The monoisotopic (exact) mass is 671 g/mol. The van der Waals surface area contributed by atoms with Crippen molar-refractivity contribution in [1.82, 2.24) is 14.9 Å². The second-order valence-corrected chi connectivity index (χ2v) is 19.3. The van der Waals surface area contributed by atoms with Crippen molar-refractivity contribution in [2.45, 2.75) is 77.1 Å². The molecule has 48 heavy (non-hydrogen) atoms. The molecule has 1 fully saturated rings. The molecule has 5 rings (SSSR count). The van der Waals surface area contributed by atoms with Crippen LogP contribution in [0.3, 0.4) is 0 Å². The molecular weight excluding hydrogens is 623 g/mol. The van der Waals surface area contributed by atoms with Gasteiger partial charge in [0.15, 0.2) is 0 Å². The van der Waals surface area contributed by atoms with Crippen LogP contribution in [0.25, 0.3) is 0 Å². The topological polar surface area (TPSA) is 98.8 Å². The quantitative estimate of drug-likeness (QED) is 0.0805. The first-order valence-electron chi connectivity index (χ1n) is 16.7. The summed E-state index contributed by atoms with van der Waals surface area (Å²) in [4.78, 5) is 16.9. The van der Waals surface area contributed by atoms with Gasteiger partial charge in [-0.1, -0.05) is 98.5 Å². The van der Waals surface area contributed by atoms with Gasteiger partial charge in [-0.25, -0.2) is 9.80 Å². The van der Waals surface area contributed by atoms with Crippen LogP contribution in [0.5, 0.6) is 0 Å². The normalized spacial score (nSPS) is 17.6. The highest BCUT2D eigenvalue weighted by Gasteiger charge is 2.41. The number of carbonyl (C=O) groups excluding carboxylic acids is 1. The lowest BCUT2D eigenvalue weighted by Crippen LogP contribution is -2.51. The molecular formula is C38H49N3O6Si. The Balaban J connectivity index is 1.53. The molecule has 0 saturated carbocycles. The van der Waals surface area contributed by atoms with E-state index < -0.39 is 8.07 Å². The van der Waals surface area contributed by atoms with E-state index in [2.05, 4.69) is 36.8 Å². The van der Waals surface area contributed by atoms with Gasteiger partial charge >= 0.3 is 6.03 Å². The van der Waals surface area contributed by atoms with Gasteiger partial charge in [-0.05, 0) is 46.3 Å². The number of ether oxygens (including phenoxy) is 2. The van der Waals surface area contributed by atoms with E-state index in [0.717, 1.165) is 39.4 Å². The molecule has 4 aromatic rings. The van der Waals surface area contributed by atoms with Crippen molar-refractivity contribution >= 4 is 14.1 Å². The molecule has 256 valence electrons. The summed E-state index contributed by atoms with van der Waals surface area (Å²) in [6, 6.07) is 28.2. The van der Waals surface area contributed by atoms with Gasteiger partial charge in [-0.2, -0.15) is 0 Å². The van der Waals surface area contributed by atoms with E-state index in [1.807, 2.05) is 82.7 Å². The highest BCUT2D eigenvalue weighted by Crippen LogP contribution is 2.28. The van der Waals surface area contributed by atoms with Crippen molar-refractivity contribution < 1.29 is 28.9 Å². The van der Waals surface area contributed by atoms with E-state index in [4.69, 9.17) is 13.9 Å². The smallest absolute Gasteiger partial charge is 0.335 e. The van der Waals surface area contributed by atoms with Crippen molar-refractivity contribution in [2.24, 2.45) is 0 Å². The van der Waals surface area contributed by atoms with Crippen LogP contribution < -0.4 is 0 Å². The van der Waals surface area contributed by atoms with E-state index in [9.17, 15) is 15.0 Å². The van der Waals surface area contributed by atoms with E-state index in [1.165, 1.54) is 0 Å². The molecule has 2 atom stereocenters. The molecule has 10 heteroatoms. The molecule has 9 nitrogen and oxygen atoms in total. The zero-order chi connectivity index (χ0) is 33.9. The lowest BCUT2D eigenvalue weighted by molar-refractivity contribution is -0.118. The molecule has 1 aliphatic heterocycles. The third-order valence-electron chi connectivity index (χ3n) is 8.72. The average Bonchev–Trinajstić information content (AvgIpc) is 3.58. The maximum atomic E-state index is 15.0. The summed E-state index contributed by atoms with van der Waals surface area (Å²) < 4.78 is 18.1. The predicted octanol–water partition coefficient (Wildman–Crippen LogP) is 6.43. The van der Waals surface area contributed by atoms with Crippen molar-refractivity contribution in [1.29, 1.82) is 0 Å². The van der Waals surface area contributed by atoms with Crippen LogP contribution in [0.1, 0.15) is 33.4 Å². The highest BCUT2D eigenvalue weighted by atomic mass is 28.3.